The van der Waals surface area contributed by atoms with E-state index in [0.29, 0.717) is 11.3 Å². The van der Waals surface area contributed by atoms with Gasteiger partial charge in [-0.3, -0.25) is 4.79 Å². The van der Waals surface area contributed by atoms with E-state index in [0.717, 1.165) is 24.4 Å². The maximum atomic E-state index is 13.0. The molecule has 1 N–H and O–H groups in total. The van der Waals surface area contributed by atoms with Gasteiger partial charge in [0, 0.05) is 23.9 Å². The molecule has 0 fully saturated rings. The second-order valence-corrected chi connectivity index (χ2v) is 7.53. The predicted molar refractivity (Wildman–Crippen MR) is 120 cm³/mol. The van der Waals surface area contributed by atoms with Gasteiger partial charge in [-0.2, -0.15) is 23.5 Å². The lowest BCUT2D eigenvalue weighted by molar-refractivity contribution is -0.137. The van der Waals surface area contributed by atoms with Gasteiger partial charge in [-0.05, 0) is 43.3 Å². The number of alkyl halides is 3. The van der Waals surface area contributed by atoms with Gasteiger partial charge in [0.25, 0.3) is 5.91 Å². The van der Waals surface area contributed by atoms with Gasteiger partial charge in [-0.25, -0.2) is 10.4 Å². The summed E-state index contributed by atoms with van der Waals surface area (Å²) in [5.74, 6) is -0.397. The van der Waals surface area contributed by atoms with Crippen LogP contribution >= 0.6 is 11.6 Å². The first kappa shape index (κ1) is 25.7. The van der Waals surface area contributed by atoms with Crippen LogP contribution in [0.15, 0.2) is 45.9 Å². The number of furan rings is 1. The van der Waals surface area contributed by atoms with Crippen molar-refractivity contribution in [3.05, 3.63) is 69.6 Å². The normalized spacial score (nSPS) is 11.5. The minimum Gasteiger partial charge on any atom is -0.467 e. The van der Waals surface area contributed by atoms with Crippen molar-refractivity contribution in [1.29, 1.82) is 5.26 Å². The largest absolute Gasteiger partial charge is 0.467 e. The van der Waals surface area contributed by atoms with Gasteiger partial charge in [-0.1, -0.05) is 11.6 Å². The molecule has 2 heterocycles. The Labute approximate surface area is 202 Å². The number of ether oxygens (including phenoxy) is 2. The highest BCUT2D eigenvalue weighted by Gasteiger charge is 2.31. The summed E-state index contributed by atoms with van der Waals surface area (Å²) in [4.78, 5) is 16.2. The van der Waals surface area contributed by atoms with Crippen LogP contribution in [0.4, 0.5) is 13.2 Å². The first-order valence-electron chi connectivity index (χ1n) is 9.93. The number of hydrogen-bond donors (Lipinski definition) is 1. The van der Waals surface area contributed by atoms with Crippen molar-refractivity contribution < 1.29 is 31.9 Å². The number of benzene rings is 1. The molecule has 0 saturated carbocycles. The van der Waals surface area contributed by atoms with Crippen molar-refractivity contribution in [2.75, 3.05) is 13.7 Å². The van der Waals surface area contributed by atoms with Crippen LogP contribution in [-0.2, 0) is 22.3 Å². The molecule has 0 radical (unpaired) electrons. The monoisotopic (exact) mass is 506 g/mol. The van der Waals surface area contributed by atoms with Crippen LogP contribution in [0.25, 0.3) is 11.3 Å². The molecule has 8 nitrogen and oxygen atoms in total. The Kier molecular flexibility index (Phi) is 8.11. The second kappa shape index (κ2) is 11.0. The van der Waals surface area contributed by atoms with E-state index in [1.165, 1.54) is 19.2 Å². The van der Waals surface area contributed by atoms with Crippen LogP contribution in [0, 0.1) is 18.3 Å². The molecule has 0 aliphatic carbocycles. The Morgan fingerprint density at radius 2 is 2.09 bits per heavy atom. The van der Waals surface area contributed by atoms with E-state index in [-0.39, 0.29) is 40.2 Å². The van der Waals surface area contributed by atoms with Crippen LogP contribution in [-0.4, -0.2) is 30.8 Å². The molecule has 2 aromatic heterocycles. The van der Waals surface area contributed by atoms with Crippen molar-refractivity contribution >= 4 is 23.7 Å². The molecule has 35 heavy (non-hydrogen) atoms. The summed E-state index contributed by atoms with van der Waals surface area (Å²) in [6, 6.07) is 9.44. The Balaban J connectivity index is 1.63. The van der Waals surface area contributed by atoms with Gasteiger partial charge in [0.15, 0.2) is 6.61 Å². The maximum Gasteiger partial charge on any atom is 0.416 e. The highest BCUT2D eigenvalue weighted by atomic mass is 35.5. The van der Waals surface area contributed by atoms with Gasteiger partial charge in [0.05, 0.1) is 23.4 Å². The van der Waals surface area contributed by atoms with Gasteiger partial charge < -0.3 is 13.9 Å². The van der Waals surface area contributed by atoms with E-state index in [1.54, 1.807) is 13.0 Å². The SMILES string of the molecule is COCc1cc(C)nc(OCC(=O)N/N=C\c2ccc(-c3cc(C(F)(F)F)ccc3Cl)o2)c1C#N. The minimum absolute atomic E-state index is 0.00711. The zero-order valence-corrected chi connectivity index (χ0v) is 19.2. The first-order chi connectivity index (χ1) is 16.6. The lowest BCUT2D eigenvalue weighted by atomic mass is 10.1. The average molecular weight is 507 g/mol. The summed E-state index contributed by atoms with van der Waals surface area (Å²) in [7, 11) is 1.49. The Bertz CT molecular complexity index is 1300. The lowest BCUT2D eigenvalue weighted by Gasteiger charge is -2.10. The number of nitrogens with one attached hydrogen (secondary N) is 1. The van der Waals surface area contributed by atoms with Crippen molar-refractivity contribution in [3.8, 4) is 23.3 Å². The Hall–Kier alpha value is -3.88. The fourth-order valence-electron chi connectivity index (χ4n) is 2.99. The molecule has 1 amide bonds. The second-order valence-electron chi connectivity index (χ2n) is 7.12. The number of pyridine rings is 1. The molecule has 0 unspecified atom stereocenters. The molecule has 0 aliphatic rings. The third-order valence-corrected chi connectivity index (χ3v) is 4.84. The van der Waals surface area contributed by atoms with E-state index in [2.05, 4.69) is 15.5 Å². The fourth-order valence-corrected chi connectivity index (χ4v) is 3.21. The predicted octanol–water partition coefficient (Wildman–Crippen LogP) is 4.87. The zero-order valence-electron chi connectivity index (χ0n) is 18.4. The number of hydrogen-bond acceptors (Lipinski definition) is 7. The fraction of sp³-hybridized carbons (Fsp3) is 0.217. The topological polar surface area (TPSA) is 110 Å². The Morgan fingerprint density at radius 1 is 1.31 bits per heavy atom. The number of carbonyl (C=O) groups excluding carboxylic acids is 1. The minimum atomic E-state index is -4.53. The number of amides is 1. The van der Waals surface area contributed by atoms with Gasteiger partial charge in [0.2, 0.25) is 5.88 Å². The average Bonchev–Trinajstić information content (AvgIpc) is 3.26. The van der Waals surface area contributed by atoms with E-state index in [1.807, 2.05) is 6.07 Å². The summed E-state index contributed by atoms with van der Waals surface area (Å²) in [6.45, 7) is 1.41. The number of halogens is 4. The number of rotatable bonds is 8. The van der Waals surface area contributed by atoms with Crippen molar-refractivity contribution in [3.63, 3.8) is 0 Å². The van der Waals surface area contributed by atoms with Gasteiger partial charge >= 0.3 is 6.18 Å². The first-order valence-corrected chi connectivity index (χ1v) is 10.3. The molecule has 1 aromatic carbocycles. The van der Waals surface area contributed by atoms with Crippen LogP contribution in [0.3, 0.4) is 0 Å². The molecule has 0 bridgehead atoms. The summed E-state index contributed by atoms with van der Waals surface area (Å²) in [6.07, 6.45) is -3.37. The molecule has 0 aliphatic heterocycles. The summed E-state index contributed by atoms with van der Waals surface area (Å²) >= 11 is 6.02. The number of hydrazone groups is 1. The van der Waals surface area contributed by atoms with Crippen LogP contribution in [0.2, 0.25) is 5.02 Å². The van der Waals surface area contributed by atoms with Crippen molar-refractivity contribution in [2.24, 2.45) is 5.10 Å². The number of aryl methyl sites for hydroxylation is 1. The number of nitriles is 1. The Morgan fingerprint density at radius 3 is 2.77 bits per heavy atom. The third-order valence-electron chi connectivity index (χ3n) is 4.51. The van der Waals surface area contributed by atoms with Gasteiger partial charge in [0.1, 0.15) is 23.2 Å². The number of methoxy groups -OCH3 is 1. The van der Waals surface area contributed by atoms with E-state index in [4.69, 9.17) is 25.5 Å². The molecule has 3 aromatic rings. The molecular formula is C23H18ClF3N4O4. The highest BCUT2D eigenvalue weighted by molar-refractivity contribution is 6.33. The number of aromatic nitrogens is 1. The maximum absolute atomic E-state index is 13.0. The smallest absolute Gasteiger partial charge is 0.416 e. The highest BCUT2D eigenvalue weighted by Crippen LogP contribution is 2.36. The van der Waals surface area contributed by atoms with E-state index < -0.39 is 24.3 Å². The van der Waals surface area contributed by atoms with E-state index in [9.17, 15) is 23.2 Å². The number of carbonyl (C=O) groups is 1. The van der Waals surface area contributed by atoms with Crippen molar-refractivity contribution in [1.82, 2.24) is 10.4 Å². The molecule has 0 spiro atoms. The zero-order chi connectivity index (χ0) is 25.6. The molecule has 182 valence electrons. The van der Waals surface area contributed by atoms with E-state index >= 15 is 0 Å². The summed E-state index contributed by atoms with van der Waals surface area (Å²) in [5.41, 5.74) is 2.73. The third kappa shape index (κ3) is 6.59. The van der Waals surface area contributed by atoms with Crippen molar-refractivity contribution in [2.45, 2.75) is 19.7 Å². The van der Waals surface area contributed by atoms with Crippen LogP contribution in [0.5, 0.6) is 5.88 Å². The standard InChI is InChI=1S/C23H18ClF3N4O4/c1-13-7-14(11-33-2)18(9-28)22(30-13)34-12-21(32)31-29-10-16-4-6-20(35-16)17-8-15(23(25,26)27)3-5-19(17)24/h3-8,10H,11-12H2,1-2H3,(H,31,32)/b29-10-. The molecule has 12 heteroatoms. The molecule has 3 rings (SSSR count). The number of nitrogens with zero attached hydrogens (tertiary/aromatic N) is 3. The van der Waals surface area contributed by atoms with Crippen LogP contribution in [0.1, 0.15) is 28.1 Å². The lowest BCUT2D eigenvalue weighted by Crippen LogP contribution is -2.25. The molecular weight excluding hydrogens is 489 g/mol. The quantitative estimate of drug-likeness (QED) is 0.345. The molecule has 0 atom stereocenters. The molecule has 0 saturated heterocycles. The van der Waals surface area contributed by atoms with Crippen LogP contribution < -0.4 is 10.2 Å². The summed E-state index contributed by atoms with van der Waals surface area (Å²) < 4.78 is 54.8. The van der Waals surface area contributed by atoms with Gasteiger partial charge in [-0.15, -0.1) is 0 Å². The summed E-state index contributed by atoms with van der Waals surface area (Å²) in [5, 5.41) is 13.2.